The standard InChI is InChI=1S/C15H11ClF2IN3O3S2/c16-8-3-6(19)1-2-9(8)22-13-7(14-15(23)26-5-21-14)4-10(27(20,24)25)11(17)12(13)18/h1-4,21-23H,5H2,(H2,20,24,25). The molecule has 0 aliphatic carbocycles. The van der Waals surface area contributed by atoms with Crippen LogP contribution >= 0.6 is 46.0 Å². The molecule has 0 saturated carbocycles. The number of aliphatic hydroxyl groups excluding tert-OH is 1. The van der Waals surface area contributed by atoms with Crippen molar-refractivity contribution in [3.8, 4) is 0 Å². The Morgan fingerprint density at radius 1 is 1.30 bits per heavy atom. The van der Waals surface area contributed by atoms with Crippen LogP contribution in [0.2, 0.25) is 5.02 Å². The lowest BCUT2D eigenvalue weighted by atomic mass is 10.1. The van der Waals surface area contributed by atoms with Crippen molar-refractivity contribution in [2.45, 2.75) is 4.90 Å². The van der Waals surface area contributed by atoms with Gasteiger partial charge < -0.3 is 15.7 Å². The average Bonchev–Trinajstić information content (AvgIpc) is 2.99. The predicted octanol–water partition coefficient (Wildman–Crippen LogP) is 4.09. The van der Waals surface area contributed by atoms with Crippen molar-refractivity contribution >= 4 is 73.0 Å². The third kappa shape index (κ3) is 4.11. The molecule has 3 rings (SSSR count). The summed E-state index contributed by atoms with van der Waals surface area (Å²) >= 11 is 9.19. The predicted molar refractivity (Wildman–Crippen MR) is 110 cm³/mol. The molecule has 1 heterocycles. The van der Waals surface area contributed by atoms with Crippen molar-refractivity contribution in [3.05, 3.63) is 55.1 Å². The highest BCUT2D eigenvalue weighted by atomic mass is 127. The van der Waals surface area contributed by atoms with Gasteiger partial charge in [0.1, 0.15) is 4.90 Å². The average molecular weight is 546 g/mol. The fourth-order valence-corrected chi connectivity index (χ4v) is 4.59. The molecule has 0 bridgehead atoms. The molecule has 0 saturated heterocycles. The fraction of sp³-hybridized carbons (Fsp3) is 0.0667. The number of sulfonamides is 1. The quantitative estimate of drug-likeness (QED) is 0.432. The molecule has 0 radical (unpaired) electrons. The molecule has 1 aliphatic rings. The number of nitrogens with two attached hydrogens (primary N) is 1. The monoisotopic (exact) mass is 545 g/mol. The summed E-state index contributed by atoms with van der Waals surface area (Å²) in [5.41, 5.74) is -0.173. The fourth-order valence-electron chi connectivity index (χ4n) is 2.39. The molecular formula is C15H11ClF2IN3O3S2. The van der Waals surface area contributed by atoms with Gasteiger partial charge in [-0.3, -0.25) is 0 Å². The molecule has 0 aromatic heterocycles. The molecule has 0 unspecified atom stereocenters. The first-order chi connectivity index (χ1) is 12.6. The maximum atomic E-state index is 14.8. The van der Waals surface area contributed by atoms with Crippen molar-refractivity contribution in [1.82, 2.24) is 5.32 Å². The van der Waals surface area contributed by atoms with E-state index in [0.717, 1.165) is 21.4 Å². The molecule has 1 aliphatic heterocycles. The summed E-state index contributed by atoms with van der Waals surface area (Å²) in [5, 5.41) is 20.5. The molecule has 27 heavy (non-hydrogen) atoms. The van der Waals surface area contributed by atoms with Gasteiger partial charge in [-0.05, 0) is 46.9 Å². The molecule has 12 heteroatoms. The van der Waals surface area contributed by atoms with Crippen LogP contribution in [0.1, 0.15) is 5.56 Å². The van der Waals surface area contributed by atoms with E-state index in [-0.39, 0.29) is 38.6 Å². The second kappa shape index (κ2) is 7.62. The third-order valence-electron chi connectivity index (χ3n) is 3.61. The van der Waals surface area contributed by atoms with Gasteiger partial charge in [0.2, 0.25) is 10.0 Å². The van der Waals surface area contributed by atoms with Crippen LogP contribution in [0.4, 0.5) is 20.2 Å². The van der Waals surface area contributed by atoms with Crippen LogP contribution < -0.4 is 15.8 Å². The van der Waals surface area contributed by atoms with E-state index in [1.54, 1.807) is 18.2 Å². The zero-order chi connectivity index (χ0) is 19.9. The highest BCUT2D eigenvalue weighted by molar-refractivity contribution is 14.1. The van der Waals surface area contributed by atoms with Crippen LogP contribution in [-0.4, -0.2) is 19.4 Å². The van der Waals surface area contributed by atoms with Crippen LogP contribution in [0.15, 0.2) is 34.3 Å². The van der Waals surface area contributed by atoms with Crippen LogP contribution in [0.5, 0.6) is 0 Å². The second-order valence-electron chi connectivity index (χ2n) is 5.37. The van der Waals surface area contributed by atoms with Crippen LogP contribution in [0.25, 0.3) is 5.70 Å². The van der Waals surface area contributed by atoms with Gasteiger partial charge in [0, 0.05) is 9.13 Å². The SMILES string of the molecule is NS(=O)(=O)c1cc(C2=C(O)SCN2)c(Nc2ccc(I)cc2Cl)c(F)c1F. The minimum absolute atomic E-state index is 0.0490. The Balaban J connectivity index is 2.25. The van der Waals surface area contributed by atoms with E-state index in [0.29, 0.717) is 0 Å². The van der Waals surface area contributed by atoms with Crippen LogP contribution in [-0.2, 0) is 10.0 Å². The van der Waals surface area contributed by atoms with E-state index in [2.05, 4.69) is 10.6 Å². The molecule has 0 spiro atoms. The summed E-state index contributed by atoms with van der Waals surface area (Å²) in [6.07, 6.45) is 0. The first-order valence-corrected chi connectivity index (χ1v) is 11.2. The highest BCUT2D eigenvalue weighted by Gasteiger charge is 2.29. The zero-order valence-corrected chi connectivity index (χ0v) is 17.7. The summed E-state index contributed by atoms with van der Waals surface area (Å²) in [6.45, 7) is 0. The number of aliphatic hydroxyl groups is 1. The number of rotatable bonds is 4. The van der Waals surface area contributed by atoms with Crippen molar-refractivity contribution < 1.29 is 22.3 Å². The summed E-state index contributed by atoms with van der Waals surface area (Å²) < 4.78 is 53.3. The van der Waals surface area contributed by atoms with Crippen molar-refractivity contribution in [3.63, 3.8) is 0 Å². The summed E-state index contributed by atoms with van der Waals surface area (Å²) in [6, 6.07) is 5.73. The molecule has 2 aromatic carbocycles. The summed E-state index contributed by atoms with van der Waals surface area (Å²) in [5.74, 6) is -2.82. The number of primary sulfonamides is 1. The number of thioether (sulfide) groups is 1. The lowest BCUT2D eigenvalue weighted by Gasteiger charge is -2.17. The lowest BCUT2D eigenvalue weighted by Crippen LogP contribution is -2.18. The molecule has 6 nitrogen and oxygen atoms in total. The van der Waals surface area contributed by atoms with Crippen molar-refractivity contribution in [1.29, 1.82) is 0 Å². The van der Waals surface area contributed by atoms with E-state index in [1.165, 1.54) is 0 Å². The molecule has 144 valence electrons. The first-order valence-electron chi connectivity index (χ1n) is 7.16. The van der Waals surface area contributed by atoms with E-state index in [9.17, 15) is 22.3 Å². The van der Waals surface area contributed by atoms with Gasteiger partial charge >= 0.3 is 0 Å². The summed E-state index contributed by atoms with van der Waals surface area (Å²) in [7, 11) is -4.54. The second-order valence-corrected chi connectivity index (χ2v) is 9.51. The van der Waals surface area contributed by atoms with Gasteiger partial charge in [0.25, 0.3) is 0 Å². The molecule has 2 aromatic rings. The largest absolute Gasteiger partial charge is 0.501 e. The zero-order valence-electron chi connectivity index (χ0n) is 13.2. The Hall–Kier alpha value is -1.28. The number of nitrogens with one attached hydrogen (secondary N) is 2. The Morgan fingerprint density at radius 3 is 2.56 bits per heavy atom. The number of hydrogen-bond donors (Lipinski definition) is 4. The number of anilines is 2. The summed E-state index contributed by atoms with van der Waals surface area (Å²) in [4.78, 5) is -1.02. The molecule has 0 fully saturated rings. The van der Waals surface area contributed by atoms with Crippen LogP contribution in [0, 0.1) is 15.2 Å². The number of benzene rings is 2. The third-order valence-corrected chi connectivity index (χ3v) is 6.27. The van der Waals surface area contributed by atoms with Gasteiger partial charge in [-0.15, -0.1) is 0 Å². The molecule has 5 N–H and O–H groups in total. The van der Waals surface area contributed by atoms with Gasteiger partial charge in [-0.2, -0.15) is 0 Å². The maximum Gasteiger partial charge on any atom is 0.241 e. The highest BCUT2D eigenvalue weighted by Crippen LogP contribution is 2.39. The van der Waals surface area contributed by atoms with Gasteiger partial charge in [-0.1, -0.05) is 23.4 Å². The minimum atomic E-state index is -4.54. The lowest BCUT2D eigenvalue weighted by molar-refractivity contribution is 0.458. The van der Waals surface area contributed by atoms with E-state index in [4.69, 9.17) is 16.7 Å². The first kappa shape index (κ1) is 20.5. The maximum absolute atomic E-state index is 14.8. The van der Waals surface area contributed by atoms with E-state index >= 15 is 0 Å². The van der Waals surface area contributed by atoms with E-state index in [1.807, 2.05) is 22.6 Å². The smallest absolute Gasteiger partial charge is 0.241 e. The Morgan fingerprint density at radius 2 is 2.00 bits per heavy atom. The van der Waals surface area contributed by atoms with Gasteiger partial charge in [0.05, 0.1) is 28.0 Å². The van der Waals surface area contributed by atoms with Gasteiger partial charge in [-0.25, -0.2) is 22.3 Å². The van der Waals surface area contributed by atoms with Crippen LogP contribution in [0.3, 0.4) is 0 Å². The number of hydrogen-bond acceptors (Lipinski definition) is 6. The topological polar surface area (TPSA) is 104 Å². The Bertz CT molecular complexity index is 1080. The van der Waals surface area contributed by atoms with Gasteiger partial charge in [0.15, 0.2) is 16.7 Å². The Kier molecular flexibility index (Phi) is 5.77. The number of halogens is 4. The molecule has 0 atom stereocenters. The Labute approximate surface area is 176 Å². The molecule has 0 amide bonds. The molecular weight excluding hydrogens is 535 g/mol. The van der Waals surface area contributed by atoms with Crippen molar-refractivity contribution in [2.24, 2.45) is 5.14 Å². The minimum Gasteiger partial charge on any atom is -0.501 e. The van der Waals surface area contributed by atoms with Crippen molar-refractivity contribution in [2.75, 3.05) is 11.2 Å². The van der Waals surface area contributed by atoms with E-state index < -0.39 is 26.6 Å². The normalized spacial score (nSPS) is 14.4.